The Bertz CT molecular complexity index is 587. The topological polar surface area (TPSA) is 81.1 Å². The van der Waals surface area contributed by atoms with E-state index in [1.807, 2.05) is 0 Å². The SMILES string of the molecule is CN1C(=O)N(c2ccc(O)cc2)C(=O)CC1(O)C(F)(F)F. The summed E-state index contributed by atoms with van der Waals surface area (Å²) in [6, 6.07) is 3.46. The number of amides is 3. The molecule has 1 atom stereocenters. The Morgan fingerprint density at radius 2 is 1.71 bits per heavy atom. The normalized spacial score (nSPS) is 23.7. The summed E-state index contributed by atoms with van der Waals surface area (Å²) in [6.45, 7) is 0. The minimum atomic E-state index is -5.16. The minimum Gasteiger partial charge on any atom is -0.508 e. The van der Waals surface area contributed by atoms with Gasteiger partial charge in [-0.3, -0.25) is 9.69 Å². The van der Waals surface area contributed by atoms with Gasteiger partial charge in [-0.25, -0.2) is 9.69 Å². The van der Waals surface area contributed by atoms with Gasteiger partial charge in [0.15, 0.2) is 0 Å². The predicted octanol–water partition coefficient (Wildman–Crippen LogP) is 1.43. The van der Waals surface area contributed by atoms with Crippen LogP contribution in [0, 0.1) is 0 Å². The predicted molar refractivity (Wildman–Crippen MR) is 64.4 cm³/mol. The summed E-state index contributed by atoms with van der Waals surface area (Å²) < 4.78 is 38.6. The average Bonchev–Trinajstić information content (AvgIpc) is 2.37. The lowest BCUT2D eigenvalue weighted by molar-refractivity contribution is -0.302. The number of imide groups is 1. The molecule has 0 aromatic heterocycles. The zero-order chi connectivity index (χ0) is 16.0. The second-order valence-corrected chi connectivity index (χ2v) is 4.58. The Balaban J connectivity index is 2.40. The van der Waals surface area contributed by atoms with Gasteiger partial charge in [0.05, 0.1) is 12.1 Å². The number of nitrogens with zero attached hydrogens (tertiary/aromatic N) is 2. The van der Waals surface area contributed by atoms with E-state index in [1.54, 1.807) is 0 Å². The van der Waals surface area contributed by atoms with Crippen LogP contribution in [-0.2, 0) is 4.79 Å². The first-order chi connectivity index (χ1) is 9.58. The highest BCUT2D eigenvalue weighted by Gasteiger charge is 2.63. The van der Waals surface area contributed by atoms with Crippen molar-refractivity contribution in [3.63, 3.8) is 0 Å². The van der Waals surface area contributed by atoms with E-state index in [-0.39, 0.29) is 16.3 Å². The quantitative estimate of drug-likeness (QED) is 0.822. The minimum absolute atomic E-state index is 0.00104. The molecule has 0 aliphatic carbocycles. The molecule has 1 aliphatic heterocycles. The molecule has 1 unspecified atom stereocenters. The molecule has 0 saturated carbocycles. The monoisotopic (exact) mass is 304 g/mol. The molecule has 0 radical (unpaired) electrons. The van der Waals surface area contributed by atoms with Gasteiger partial charge in [-0.15, -0.1) is 0 Å². The van der Waals surface area contributed by atoms with E-state index in [0.29, 0.717) is 4.90 Å². The van der Waals surface area contributed by atoms with Gasteiger partial charge >= 0.3 is 12.2 Å². The van der Waals surface area contributed by atoms with Gasteiger partial charge in [0, 0.05) is 7.05 Å². The number of phenolic OH excluding ortho intramolecular Hbond substituents is 1. The van der Waals surface area contributed by atoms with E-state index >= 15 is 0 Å². The van der Waals surface area contributed by atoms with Crippen molar-refractivity contribution in [2.24, 2.45) is 0 Å². The van der Waals surface area contributed by atoms with Crippen LogP contribution in [-0.4, -0.2) is 46.0 Å². The number of aromatic hydroxyl groups is 1. The lowest BCUT2D eigenvalue weighted by Crippen LogP contribution is -2.68. The molecule has 1 saturated heterocycles. The molecule has 2 N–H and O–H groups in total. The molecular formula is C12H11F3N2O4. The van der Waals surface area contributed by atoms with E-state index in [9.17, 15) is 27.9 Å². The number of hydrogen-bond acceptors (Lipinski definition) is 4. The van der Waals surface area contributed by atoms with Crippen LogP contribution in [0.3, 0.4) is 0 Å². The standard InChI is InChI=1S/C12H11F3N2O4/c1-16-10(20)17(7-2-4-8(18)5-3-7)9(19)6-11(16,21)12(13,14)15/h2-5,18,21H,6H2,1H3. The zero-order valence-corrected chi connectivity index (χ0v) is 10.8. The van der Waals surface area contributed by atoms with Crippen molar-refractivity contribution >= 4 is 17.6 Å². The smallest absolute Gasteiger partial charge is 0.437 e. The summed E-state index contributed by atoms with van der Waals surface area (Å²) in [5, 5.41) is 18.8. The highest BCUT2D eigenvalue weighted by molar-refractivity contribution is 6.16. The van der Waals surface area contributed by atoms with Crippen molar-refractivity contribution in [2.45, 2.75) is 18.3 Å². The lowest BCUT2D eigenvalue weighted by atomic mass is 10.0. The number of benzene rings is 1. The van der Waals surface area contributed by atoms with Gasteiger partial charge in [-0.2, -0.15) is 13.2 Å². The van der Waals surface area contributed by atoms with Crippen molar-refractivity contribution in [1.82, 2.24) is 4.90 Å². The first kappa shape index (κ1) is 15.1. The van der Waals surface area contributed by atoms with Crippen LogP contribution in [0.2, 0.25) is 0 Å². The zero-order valence-electron chi connectivity index (χ0n) is 10.8. The number of phenols is 1. The maximum atomic E-state index is 12.9. The summed E-state index contributed by atoms with van der Waals surface area (Å²) in [4.78, 5) is 24.4. The second-order valence-electron chi connectivity index (χ2n) is 4.58. The Morgan fingerprint density at radius 3 is 2.19 bits per heavy atom. The van der Waals surface area contributed by atoms with Gasteiger partial charge in [0.25, 0.3) is 0 Å². The van der Waals surface area contributed by atoms with Crippen molar-refractivity contribution in [3.05, 3.63) is 24.3 Å². The van der Waals surface area contributed by atoms with Crippen LogP contribution >= 0.6 is 0 Å². The molecule has 3 amide bonds. The third kappa shape index (κ3) is 2.29. The van der Waals surface area contributed by atoms with Crippen LogP contribution in [0.5, 0.6) is 5.75 Å². The van der Waals surface area contributed by atoms with Crippen LogP contribution in [0.1, 0.15) is 6.42 Å². The number of urea groups is 1. The number of anilines is 1. The van der Waals surface area contributed by atoms with E-state index in [0.717, 1.165) is 7.05 Å². The fourth-order valence-corrected chi connectivity index (χ4v) is 1.97. The van der Waals surface area contributed by atoms with E-state index in [4.69, 9.17) is 5.11 Å². The highest BCUT2D eigenvalue weighted by atomic mass is 19.4. The third-order valence-electron chi connectivity index (χ3n) is 3.24. The Morgan fingerprint density at radius 1 is 1.19 bits per heavy atom. The first-order valence-electron chi connectivity index (χ1n) is 5.77. The summed E-state index contributed by atoms with van der Waals surface area (Å²) in [5.74, 6) is -1.32. The van der Waals surface area contributed by atoms with Crippen LogP contribution in [0.25, 0.3) is 0 Å². The van der Waals surface area contributed by atoms with Crippen molar-refractivity contribution in [2.75, 3.05) is 11.9 Å². The lowest BCUT2D eigenvalue weighted by Gasteiger charge is -2.44. The summed E-state index contributed by atoms with van der Waals surface area (Å²) in [5.41, 5.74) is -3.53. The van der Waals surface area contributed by atoms with Crippen molar-refractivity contribution in [1.29, 1.82) is 0 Å². The van der Waals surface area contributed by atoms with E-state index < -0.39 is 30.3 Å². The maximum Gasteiger partial charge on any atom is 0.437 e. The fourth-order valence-electron chi connectivity index (χ4n) is 1.97. The summed E-state index contributed by atoms with van der Waals surface area (Å²) in [7, 11) is 0.760. The number of alkyl halides is 3. The molecule has 1 aromatic rings. The van der Waals surface area contributed by atoms with E-state index in [1.165, 1.54) is 24.3 Å². The Labute approximate surface area is 117 Å². The van der Waals surface area contributed by atoms with E-state index in [2.05, 4.69) is 0 Å². The van der Waals surface area contributed by atoms with Gasteiger partial charge in [-0.1, -0.05) is 0 Å². The molecule has 1 fully saturated rings. The van der Waals surface area contributed by atoms with Crippen LogP contribution < -0.4 is 4.90 Å². The molecule has 1 aromatic carbocycles. The van der Waals surface area contributed by atoms with Gasteiger partial charge in [0.2, 0.25) is 11.6 Å². The summed E-state index contributed by atoms with van der Waals surface area (Å²) in [6.07, 6.45) is -6.46. The Kier molecular flexibility index (Phi) is 3.32. The van der Waals surface area contributed by atoms with Crippen LogP contribution in [0.4, 0.5) is 23.7 Å². The molecule has 0 bridgehead atoms. The first-order valence-corrected chi connectivity index (χ1v) is 5.77. The molecule has 2 rings (SSSR count). The third-order valence-corrected chi connectivity index (χ3v) is 3.24. The number of aliphatic hydroxyl groups is 1. The number of rotatable bonds is 1. The summed E-state index contributed by atoms with van der Waals surface area (Å²) >= 11 is 0. The molecule has 114 valence electrons. The second kappa shape index (κ2) is 4.62. The molecule has 21 heavy (non-hydrogen) atoms. The molecule has 6 nitrogen and oxygen atoms in total. The highest BCUT2D eigenvalue weighted by Crippen LogP contribution is 2.40. The van der Waals surface area contributed by atoms with Gasteiger partial charge < -0.3 is 10.2 Å². The van der Waals surface area contributed by atoms with Crippen molar-refractivity contribution < 1.29 is 33.0 Å². The molecule has 0 spiro atoms. The fraction of sp³-hybridized carbons (Fsp3) is 0.333. The number of hydrogen-bond donors (Lipinski definition) is 2. The maximum absolute atomic E-state index is 12.9. The molecule has 1 aliphatic rings. The average molecular weight is 304 g/mol. The van der Waals surface area contributed by atoms with Crippen LogP contribution in [0.15, 0.2) is 24.3 Å². The van der Waals surface area contributed by atoms with Crippen molar-refractivity contribution in [3.8, 4) is 5.75 Å². The number of carbonyl (C=O) groups excluding carboxylic acids is 2. The Hall–Kier alpha value is -2.29. The van der Waals surface area contributed by atoms with Gasteiger partial charge in [0.1, 0.15) is 5.75 Å². The molecule has 9 heteroatoms. The largest absolute Gasteiger partial charge is 0.508 e. The molecular weight excluding hydrogens is 293 g/mol. The number of halogens is 3. The molecule has 1 heterocycles. The van der Waals surface area contributed by atoms with Gasteiger partial charge in [-0.05, 0) is 24.3 Å². The number of carbonyl (C=O) groups is 2.